The van der Waals surface area contributed by atoms with Crippen molar-refractivity contribution in [1.82, 2.24) is 5.32 Å². The van der Waals surface area contributed by atoms with Crippen molar-refractivity contribution in [2.75, 3.05) is 13.2 Å². The Hall–Kier alpha value is -3.25. The summed E-state index contributed by atoms with van der Waals surface area (Å²) in [6.45, 7) is 1.95. The van der Waals surface area contributed by atoms with Crippen LogP contribution in [-0.2, 0) is 11.2 Å². The molecule has 0 spiro atoms. The number of carbonyl (C=O) groups is 3. The van der Waals surface area contributed by atoms with E-state index in [1.807, 2.05) is 24.3 Å². The predicted molar refractivity (Wildman–Crippen MR) is 113 cm³/mol. The molecule has 1 heterocycles. The van der Waals surface area contributed by atoms with E-state index in [-0.39, 0.29) is 24.1 Å². The van der Waals surface area contributed by atoms with Crippen LogP contribution in [0.3, 0.4) is 0 Å². The number of amides is 1. The van der Waals surface area contributed by atoms with Gasteiger partial charge in [0.15, 0.2) is 12.4 Å². The molecule has 29 heavy (non-hydrogen) atoms. The number of benzene rings is 2. The monoisotopic (exact) mass is 407 g/mol. The lowest BCUT2D eigenvalue weighted by Gasteiger charge is -2.06. The molecule has 0 aliphatic rings. The molecular weight excluding hydrogens is 386 g/mol. The van der Waals surface area contributed by atoms with Gasteiger partial charge < -0.3 is 10.1 Å². The minimum atomic E-state index is -0.106. The van der Waals surface area contributed by atoms with Crippen LogP contribution in [0.15, 0.2) is 66.7 Å². The number of carbonyl (C=O) groups excluding carboxylic acids is 3. The van der Waals surface area contributed by atoms with E-state index in [1.165, 1.54) is 18.3 Å². The van der Waals surface area contributed by atoms with Gasteiger partial charge in [0.1, 0.15) is 5.75 Å². The molecule has 0 bridgehead atoms. The molecule has 0 aliphatic heterocycles. The van der Waals surface area contributed by atoms with Gasteiger partial charge in [-0.3, -0.25) is 14.4 Å². The SMILES string of the molecule is CC(=O)NCCc1ccc(C(=O)COc2ccc(C(=O)c3ccccc3)cc2)s1. The average molecular weight is 407 g/mol. The standard InChI is InChI=1S/C23H21NO4S/c1-16(25)24-14-13-20-11-12-22(29-20)21(26)15-28-19-9-7-18(8-10-19)23(27)17-5-3-2-4-6-17/h2-12H,13-15H2,1H3,(H,24,25). The van der Waals surface area contributed by atoms with Crippen LogP contribution in [0.4, 0.5) is 0 Å². The van der Waals surface area contributed by atoms with Gasteiger partial charge in [0, 0.05) is 29.5 Å². The smallest absolute Gasteiger partial charge is 0.216 e. The van der Waals surface area contributed by atoms with E-state index >= 15 is 0 Å². The van der Waals surface area contributed by atoms with Gasteiger partial charge in [0.05, 0.1) is 4.88 Å². The van der Waals surface area contributed by atoms with Crippen LogP contribution in [0, 0.1) is 0 Å². The molecule has 1 aromatic heterocycles. The molecule has 0 aliphatic carbocycles. The molecule has 148 valence electrons. The summed E-state index contributed by atoms with van der Waals surface area (Å²) >= 11 is 1.41. The number of hydrogen-bond acceptors (Lipinski definition) is 5. The van der Waals surface area contributed by atoms with Gasteiger partial charge in [-0.15, -0.1) is 11.3 Å². The Kier molecular flexibility index (Phi) is 6.92. The third-order valence-electron chi connectivity index (χ3n) is 4.20. The van der Waals surface area contributed by atoms with Crippen LogP contribution in [0.1, 0.15) is 37.4 Å². The maximum absolute atomic E-state index is 12.4. The Labute approximate surface area is 173 Å². The molecule has 1 N–H and O–H groups in total. The highest BCUT2D eigenvalue weighted by molar-refractivity contribution is 7.14. The third-order valence-corrected chi connectivity index (χ3v) is 5.39. The van der Waals surface area contributed by atoms with E-state index < -0.39 is 0 Å². The molecule has 0 saturated heterocycles. The molecule has 0 radical (unpaired) electrons. The lowest BCUT2D eigenvalue weighted by atomic mass is 10.0. The number of hydrogen-bond donors (Lipinski definition) is 1. The lowest BCUT2D eigenvalue weighted by Crippen LogP contribution is -2.22. The van der Waals surface area contributed by atoms with E-state index in [0.717, 1.165) is 4.88 Å². The highest BCUT2D eigenvalue weighted by Crippen LogP contribution is 2.19. The molecular formula is C23H21NO4S. The second kappa shape index (κ2) is 9.80. The Balaban J connectivity index is 1.52. The fourth-order valence-electron chi connectivity index (χ4n) is 2.70. The molecule has 3 aromatic rings. The summed E-state index contributed by atoms with van der Waals surface area (Å²) in [4.78, 5) is 37.3. The topological polar surface area (TPSA) is 72.5 Å². The average Bonchev–Trinajstić information content (AvgIpc) is 3.21. The third kappa shape index (κ3) is 5.86. The summed E-state index contributed by atoms with van der Waals surface area (Å²) < 4.78 is 5.57. The second-order valence-electron chi connectivity index (χ2n) is 6.43. The van der Waals surface area contributed by atoms with E-state index in [1.54, 1.807) is 42.5 Å². The Morgan fingerprint density at radius 3 is 2.28 bits per heavy atom. The van der Waals surface area contributed by atoms with Crippen molar-refractivity contribution in [2.45, 2.75) is 13.3 Å². The first-order chi connectivity index (χ1) is 14.0. The summed E-state index contributed by atoms with van der Waals surface area (Å²) in [6, 6.07) is 19.5. The van der Waals surface area contributed by atoms with Crippen molar-refractivity contribution in [3.63, 3.8) is 0 Å². The number of nitrogens with one attached hydrogen (secondary N) is 1. The molecule has 0 unspecified atom stereocenters. The Morgan fingerprint density at radius 1 is 0.897 bits per heavy atom. The summed E-state index contributed by atoms with van der Waals surface area (Å²) in [5.41, 5.74) is 1.19. The van der Waals surface area contributed by atoms with Crippen molar-refractivity contribution < 1.29 is 19.1 Å². The molecule has 1 amide bonds. The molecule has 3 rings (SSSR count). The van der Waals surface area contributed by atoms with Crippen molar-refractivity contribution in [1.29, 1.82) is 0 Å². The Morgan fingerprint density at radius 2 is 1.59 bits per heavy atom. The molecule has 2 aromatic carbocycles. The fourth-order valence-corrected chi connectivity index (χ4v) is 3.63. The van der Waals surface area contributed by atoms with Gasteiger partial charge in [-0.1, -0.05) is 30.3 Å². The normalized spacial score (nSPS) is 10.4. The highest BCUT2D eigenvalue weighted by Gasteiger charge is 2.12. The van der Waals surface area contributed by atoms with Crippen LogP contribution in [0.5, 0.6) is 5.75 Å². The quantitative estimate of drug-likeness (QED) is 0.546. The van der Waals surface area contributed by atoms with E-state index in [2.05, 4.69) is 5.32 Å². The summed E-state index contributed by atoms with van der Waals surface area (Å²) in [5, 5.41) is 2.74. The van der Waals surface area contributed by atoms with Crippen LogP contribution < -0.4 is 10.1 Å². The van der Waals surface area contributed by atoms with Crippen LogP contribution >= 0.6 is 11.3 Å². The first kappa shape index (κ1) is 20.5. The van der Waals surface area contributed by atoms with E-state index in [9.17, 15) is 14.4 Å². The van der Waals surface area contributed by atoms with Crippen molar-refractivity contribution in [3.8, 4) is 5.75 Å². The van der Waals surface area contributed by atoms with E-state index in [4.69, 9.17) is 4.74 Å². The van der Waals surface area contributed by atoms with Gasteiger partial charge in [0.25, 0.3) is 0 Å². The number of rotatable bonds is 9. The van der Waals surface area contributed by atoms with Gasteiger partial charge in [0.2, 0.25) is 11.7 Å². The summed E-state index contributed by atoms with van der Waals surface area (Å²) in [6.07, 6.45) is 0.690. The molecule has 0 fully saturated rings. The first-order valence-electron chi connectivity index (χ1n) is 9.22. The van der Waals surface area contributed by atoms with Gasteiger partial charge >= 0.3 is 0 Å². The summed E-state index contributed by atoms with van der Waals surface area (Å²) in [7, 11) is 0. The lowest BCUT2D eigenvalue weighted by molar-refractivity contribution is -0.118. The number of thiophene rings is 1. The maximum Gasteiger partial charge on any atom is 0.216 e. The van der Waals surface area contributed by atoms with E-state index in [0.29, 0.717) is 34.7 Å². The van der Waals surface area contributed by atoms with Crippen LogP contribution in [-0.4, -0.2) is 30.6 Å². The van der Waals surface area contributed by atoms with Crippen molar-refractivity contribution >= 4 is 28.8 Å². The van der Waals surface area contributed by atoms with Crippen LogP contribution in [0.2, 0.25) is 0 Å². The molecule has 0 saturated carbocycles. The largest absolute Gasteiger partial charge is 0.485 e. The van der Waals surface area contributed by atoms with Crippen molar-refractivity contribution in [2.24, 2.45) is 0 Å². The number of ketones is 2. The minimum absolute atomic E-state index is 0.0568. The first-order valence-corrected chi connectivity index (χ1v) is 10.0. The summed E-state index contributed by atoms with van der Waals surface area (Å²) in [5.74, 6) is 0.303. The number of Topliss-reactive ketones (excluding diaryl/α,β-unsaturated/α-hetero) is 1. The van der Waals surface area contributed by atoms with Gasteiger partial charge in [-0.05, 0) is 42.8 Å². The molecule has 6 heteroatoms. The van der Waals surface area contributed by atoms with Gasteiger partial charge in [-0.2, -0.15) is 0 Å². The maximum atomic E-state index is 12.4. The Bertz CT molecular complexity index is 993. The molecule has 0 atom stereocenters. The van der Waals surface area contributed by atoms with Crippen LogP contribution in [0.25, 0.3) is 0 Å². The number of ether oxygens (including phenoxy) is 1. The highest BCUT2D eigenvalue weighted by atomic mass is 32.1. The zero-order chi connectivity index (χ0) is 20.6. The van der Waals surface area contributed by atoms with Crippen molar-refractivity contribution in [3.05, 3.63) is 87.6 Å². The minimum Gasteiger partial charge on any atom is -0.485 e. The zero-order valence-electron chi connectivity index (χ0n) is 16.0. The van der Waals surface area contributed by atoms with Gasteiger partial charge in [-0.25, -0.2) is 0 Å². The molecule has 5 nitrogen and oxygen atoms in total. The fraction of sp³-hybridized carbons (Fsp3) is 0.174. The zero-order valence-corrected chi connectivity index (χ0v) is 16.8. The second-order valence-corrected chi connectivity index (χ2v) is 7.60. The predicted octanol–water partition coefficient (Wildman–Crippen LogP) is 3.92.